The molecule has 3 nitrogen and oxygen atoms in total. The molecule has 100 valence electrons. The molecule has 0 aromatic carbocycles. The maximum absolute atomic E-state index is 9.93. The van der Waals surface area contributed by atoms with Gasteiger partial charge in [0.25, 0.3) is 0 Å². The predicted molar refractivity (Wildman–Crippen MR) is 66.9 cm³/mol. The van der Waals surface area contributed by atoms with Crippen LogP contribution in [0.4, 0.5) is 0 Å². The molecule has 2 fully saturated rings. The van der Waals surface area contributed by atoms with Crippen LogP contribution in [0.15, 0.2) is 0 Å². The normalized spacial score (nSPS) is 31.1. The van der Waals surface area contributed by atoms with Crippen molar-refractivity contribution >= 4 is 0 Å². The van der Waals surface area contributed by atoms with Crippen LogP contribution in [0.1, 0.15) is 46.0 Å². The van der Waals surface area contributed by atoms with E-state index < -0.39 is 0 Å². The molecular weight excluding hydrogens is 216 g/mol. The van der Waals surface area contributed by atoms with Crippen LogP contribution in [0.2, 0.25) is 0 Å². The van der Waals surface area contributed by atoms with Gasteiger partial charge in [0.2, 0.25) is 0 Å². The predicted octanol–water partition coefficient (Wildman–Crippen LogP) is 2.37. The molecule has 2 aliphatic carbocycles. The molecule has 1 N–H and O–H groups in total. The lowest BCUT2D eigenvalue weighted by Gasteiger charge is -2.51. The first-order valence-corrected chi connectivity index (χ1v) is 7.02. The van der Waals surface area contributed by atoms with Crippen molar-refractivity contribution in [1.29, 1.82) is 0 Å². The highest BCUT2D eigenvalue weighted by molar-refractivity contribution is 5.06. The van der Waals surface area contributed by atoms with Gasteiger partial charge in [-0.2, -0.15) is 0 Å². The zero-order valence-electron chi connectivity index (χ0n) is 11.2. The Morgan fingerprint density at radius 2 is 1.94 bits per heavy atom. The first-order valence-electron chi connectivity index (χ1n) is 7.02. The quantitative estimate of drug-likeness (QED) is 0.727. The zero-order chi connectivity index (χ0) is 12.3. The summed E-state index contributed by atoms with van der Waals surface area (Å²) in [5, 5.41) is 9.93. The van der Waals surface area contributed by atoms with Gasteiger partial charge >= 0.3 is 0 Å². The van der Waals surface area contributed by atoms with Crippen molar-refractivity contribution in [1.82, 2.24) is 0 Å². The monoisotopic (exact) mass is 242 g/mol. The summed E-state index contributed by atoms with van der Waals surface area (Å²) in [5.74, 6) is 0.585. The van der Waals surface area contributed by atoms with Crippen LogP contribution < -0.4 is 0 Å². The summed E-state index contributed by atoms with van der Waals surface area (Å²) in [6.45, 7) is 6.46. The third kappa shape index (κ3) is 2.83. The fourth-order valence-corrected chi connectivity index (χ4v) is 3.22. The average Bonchev–Trinajstić information content (AvgIpc) is 2.78. The van der Waals surface area contributed by atoms with E-state index in [0.29, 0.717) is 19.1 Å². The summed E-state index contributed by atoms with van der Waals surface area (Å²) in [6.07, 6.45) is 5.78. The van der Waals surface area contributed by atoms with Gasteiger partial charge in [-0.05, 0) is 18.8 Å². The Bertz CT molecular complexity index is 234. The minimum Gasteiger partial charge on any atom is -0.392 e. The van der Waals surface area contributed by atoms with Gasteiger partial charge < -0.3 is 14.6 Å². The summed E-state index contributed by atoms with van der Waals surface area (Å²) in [5.41, 5.74) is 0.109. The fourth-order valence-electron chi connectivity index (χ4n) is 3.22. The van der Waals surface area contributed by atoms with E-state index in [4.69, 9.17) is 9.47 Å². The van der Waals surface area contributed by atoms with Crippen molar-refractivity contribution < 1.29 is 14.6 Å². The third-order valence-corrected chi connectivity index (χ3v) is 4.27. The summed E-state index contributed by atoms with van der Waals surface area (Å²) in [4.78, 5) is 0. The molecule has 2 aliphatic rings. The molecule has 2 atom stereocenters. The molecule has 1 spiro atoms. The molecule has 0 aromatic rings. The van der Waals surface area contributed by atoms with Gasteiger partial charge in [0.05, 0.1) is 25.4 Å². The minimum atomic E-state index is -0.119. The molecule has 0 heterocycles. The van der Waals surface area contributed by atoms with E-state index in [9.17, 15) is 5.11 Å². The molecule has 0 radical (unpaired) electrons. The van der Waals surface area contributed by atoms with E-state index >= 15 is 0 Å². The second kappa shape index (κ2) is 5.68. The number of ether oxygens (including phenoxy) is 2. The zero-order valence-corrected chi connectivity index (χ0v) is 11.2. The van der Waals surface area contributed by atoms with Crippen molar-refractivity contribution in [2.24, 2.45) is 11.3 Å². The lowest BCUT2D eigenvalue weighted by Crippen LogP contribution is -2.56. The fraction of sp³-hybridized carbons (Fsp3) is 1.00. The van der Waals surface area contributed by atoms with Crippen LogP contribution in [0.25, 0.3) is 0 Å². The minimum absolute atomic E-state index is 0.109. The van der Waals surface area contributed by atoms with E-state index in [-0.39, 0.29) is 17.6 Å². The van der Waals surface area contributed by atoms with E-state index in [0.717, 1.165) is 25.9 Å². The second-order valence-corrected chi connectivity index (χ2v) is 6.02. The topological polar surface area (TPSA) is 38.7 Å². The van der Waals surface area contributed by atoms with E-state index in [1.54, 1.807) is 0 Å². The van der Waals surface area contributed by atoms with Crippen molar-refractivity contribution in [3.63, 3.8) is 0 Å². The highest BCUT2D eigenvalue weighted by Gasteiger charge is 2.56. The highest BCUT2D eigenvalue weighted by atomic mass is 16.5. The number of hydrogen-bond acceptors (Lipinski definition) is 3. The standard InChI is InChI=1S/C14H26O3/c1-11(2)10-16-7-8-17-13-9-12(15)14(13)5-3-4-6-14/h11-13,15H,3-10H2,1-2H3. The van der Waals surface area contributed by atoms with Gasteiger partial charge in [0.1, 0.15) is 0 Å². The molecule has 0 bridgehead atoms. The van der Waals surface area contributed by atoms with Gasteiger partial charge in [-0.15, -0.1) is 0 Å². The second-order valence-electron chi connectivity index (χ2n) is 6.02. The maximum Gasteiger partial charge on any atom is 0.0704 e. The van der Waals surface area contributed by atoms with E-state index in [1.807, 2.05) is 0 Å². The SMILES string of the molecule is CC(C)COCCOC1CC(O)C12CCCC2. The van der Waals surface area contributed by atoms with Gasteiger partial charge in [-0.1, -0.05) is 26.7 Å². The van der Waals surface area contributed by atoms with Crippen LogP contribution >= 0.6 is 0 Å². The first-order chi connectivity index (χ1) is 8.15. The van der Waals surface area contributed by atoms with Crippen molar-refractivity contribution in [2.45, 2.75) is 58.2 Å². The Labute approximate surface area is 104 Å². The molecule has 3 heteroatoms. The van der Waals surface area contributed by atoms with Gasteiger partial charge in [-0.3, -0.25) is 0 Å². The molecule has 0 aromatic heterocycles. The van der Waals surface area contributed by atoms with E-state index in [1.165, 1.54) is 12.8 Å². The number of hydrogen-bond donors (Lipinski definition) is 1. The molecule has 2 saturated carbocycles. The smallest absolute Gasteiger partial charge is 0.0704 e. The summed E-state index contributed by atoms with van der Waals surface area (Å²) < 4.78 is 11.4. The summed E-state index contributed by atoms with van der Waals surface area (Å²) in [6, 6.07) is 0. The number of rotatable bonds is 6. The average molecular weight is 242 g/mol. The molecule has 0 aliphatic heterocycles. The van der Waals surface area contributed by atoms with Crippen molar-refractivity contribution in [3.05, 3.63) is 0 Å². The van der Waals surface area contributed by atoms with Gasteiger partial charge in [0, 0.05) is 18.4 Å². The van der Waals surface area contributed by atoms with Crippen LogP contribution in [0, 0.1) is 11.3 Å². The van der Waals surface area contributed by atoms with E-state index in [2.05, 4.69) is 13.8 Å². The largest absolute Gasteiger partial charge is 0.392 e. The summed E-state index contributed by atoms with van der Waals surface area (Å²) in [7, 11) is 0. The van der Waals surface area contributed by atoms with Crippen LogP contribution in [0.3, 0.4) is 0 Å². The van der Waals surface area contributed by atoms with Crippen molar-refractivity contribution in [3.8, 4) is 0 Å². The molecule has 0 amide bonds. The molecule has 2 unspecified atom stereocenters. The van der Waals surface area contributed by atoms with Crippen LogP contribution in [-0.4, -0.2) is 37.1 Å². The molecule has 17 heavy (non-hydrogen) atoms. The Kier molecular flexibility index (Phi) is 4.45. The van der Waals surface area contributed by atoms with Crippen LogP contribution in [0.5, 0.6) is 0 Å². The molecule has 0 saturated heterocycles. The Morgan fingerprint density at radius 1 is 1.24 bits per heavy atom. The first kappa shape index (κ1) is 13.3. The maximum atomic E-state index is 9.93. The summed E-state index contributed by atoms with van der Waals surface area (Å²) >= 11 is 0. The Morgan fingerprint density at radius 3 is 2.53 bits per heavy atom. The third-order valence-electron chi connectivity index (χ3n) is 4.27. The molecular formula is C14H26O3. The Balaban J connectivity index is 1.63. The highest BCUT2D eigenvalue weighted by Crippen LogP contribution is 2.54. The number of aliphatic hydroxyl groups is 1. The lowest BCUT2D eigenvalue weighted by atomic mass is 9.62. The molecule has 2 rings (SSSR count). The number of aliphatic hydroxyl groups excluding tert-OH is 1. The Hall–Kier alpha value is -0.120. The lowest BCUT2D eigenvalue weighted by molar-refractivity contribution is -0.193. The van der Waals surface area contributed by atoms with Crippen LogP contribution in [-0.2, 0) is 9.47 Å². The van der Waals surface area contributed by atoms with Gasteiger partial charge in [-0.25, -0.2) is 0 Å². The van der Waals surface area contributed by atoms with Gasteiger partial charge in [0.15, 0.2) is 0 Å². The van der Waals surface area contributed by atoms with Crippen molar-refractivity contribution in [2.75, 3.05) is 19.8 Å².